The number of carboxylic acid groups (broad SMARTS) is 2. The molecule has 0 fully saturated rings. The molecule has 0 radical (unpaired) electrons. The smallest absolute Gasteiger partial charge is 0.336 e. The molecule has 0 aromatic heterocycles. The summed E-state index contributed by atoms with van der Waals surface area (Å²) in [5.74, 6) is -2.46. The van der Waals surface area contributed by atoms with Gasteiger partial charge in [0.05, 0.1) is 11.1 Å². The molecule has 0 saturated heterocycles. The Bertz CT molecular complexity index is 305. The molecule has 0 saturated carbocycles. The molecule has 0 amide bonds. The Morgan fingerprint density at radius 2 is 1.14 bits per heavy atom. The molecule has 0 aliphatic heterocycles. The standard InChI is InChI=1S/C8H6O4.2H3N/c9-7(10)5-3-1-2-4-6(5)8(11)12;;/h1-4H,(H,9,10)(H,11,12);2*1H3. The number of benzene rings is 1. The van der Waals surface area contributed by atoms with E-state index in [1.165, 1.54) is 24.3 Å². The van der Waals surface area contributed by atoms with E-state index in [0.717, 1.165) is 0 Å². The first-order valence-corrected chi connectivity index (χ1v) is 3.18. The molecule has 0 spiro atoms. The summed E-state index contributed by atoms with van der Waals surface area (Å²) in [4.78, 5) is 20.9. The highest BCUT2D eigenvalue weighted by Gasteiger charge is 2.13. The number of hydrogen-bond acceptors (Lipinski definition) is 4. The van der Waals surface area contributed by atoms with Gasteiger partial charge in [0.1, 0.15) is 0 Å². The monoisotopic (exact) mass is 200 g/mol. The number of carboxylic acids is 2. The predicted octanol–water partition coefficient (Wildman–Crippen LogP) is 1.41. The highest BCUT2D eigenvalue weighted by atomic mass is 16.4. The van der Waals surface area contributed by atoms with E-state index in [0.29, 0.717) is 0 Å². The second kappa shape index (κ2) is 5.68. The van der Waals surface area contributed by atoms with Crippen LogP contribution in [-0.2, 0) is 0 Å². The summed E-state index contributed by atoms with van der Waals surface area (Å²) in [7, 11) is 0. The fourth-order valence-electron chi connectivity index (χ4n) is 0.856. The summed E-state index contributed by atoms with van der Waals surface area (Å²) >= 11 is 0. The molecule has 1 aromatic rings. The van der Waals surface area contributed by atoms with Crippen LogP contribution in [0.4, 0.5) is 0 Å². The summed E-state index contributed by atoms with van der Waals surface area (Å²) in [6.45, 7) is 0. The van der Waals surface area contributed by atoms with Crippen LogP contribution in [0.25, 0.3) is 0 Å². The Hall–Kier alpha value is -1.92. The second-order valence-electron chi connectivity index (χ2n) is 2.16. The Labute approximate surface area is 80.3 Å². The van der Waals surface area contributed by atoms with Gasteiger partial charge in [-0.3, -0.25) is 0 Å². The van der Waals surface area contributed by atoms with Gasteiger partial charge in [-0.25, -0.2) is 9.59 Å². The Morgan fingerprint density at radius 3 is 1.36 bits per heavy atom. The van der Waals surface area contributed by atoms with E-state index in [2.05, 4.69) is 0 Å². The molecule has 0 atom stereocenters. The normalized spacial score (nSPS) is 8.00. The van der Waals surface area contributed by atoms with Gasteiger partial charge in [-0.05, 0) is 12.1 Å². The first kappa shape index (κ1) is 14.6. The Balaban J connectivity index is 0. The minimum atomic E-state index is -1.23. The minimum absolute atomic E-state index is 0. The third kappa shape index (κ3) is 2.85. The fraction of sp³-hybridized carbons (Fsp3) is 0. The first-order valence-electron chi connectivity index (χ1n) is 3.18. The molecule has 14 heavy (non-hydrogen) atoms. The van der Waals surface area contributed by atoms with Gasteiger partial charge in [-0.2, -0.15) is 0 Å². The first-order chi connectivity index (χ1) is 5.63. The quantitative estimate of drug-likeness (QED) is 0.567. The Morgan fingerprint density at radius 1 is 0.857 bits per heavy atom. The molecule has 0 heterocycles. The maximum absolute atomic E-state index is 10.5. The molecule has 0 aliphatic carbocycles. The lowest BCUT2D eigenvalue weighted by Crippen LogP contribution is -2.06. The van der Waals surface area contributed by atoms with Crippen LogP contribution < -0.4 is 12.3 Å². The second-order valence-corrected chi connectivity index (χ2v) is 2.16. The highest BCUT2D eigenvalue weighted by Crippen LogP contribution is 2.07. The van der Waals surface area contributed by atoms with Gasteiger partial charge in [0.2, 0.25) is 0 Å². The molecule has 1 aromatic carbocycles. The fourth-order valence-corrected chi connectivity index (χ4v) is 0.856. The topological polar surface area (TPSA) is 145 Å². The van der Waals surface area contributed by atoms with Crippen LogP contribution in [0.15, 0.2) is 24.3 Å². The average Bonchev–Trinajstić information content (AvgIpc) is 2.04. The molecule has 6 nitrogen and oxygen atoms in total. The maximum atomic E-state index is 10.5. The van der Waals surface area contributed by atoms with Gasteiger partial charge >= 0.3 is 11.9 Å². The SMILES string of the molecule is N.N.O=C(O)c1ccccc1C(=O)O. The van der Waals surface area contributed by atoms with Crippen molar-refractivity contribution in [2.75, 3.05) is 0 Å². The van der Waals surface area contributed by atoms with Gasteiger partial charge in [0, 0.05) is 0 Å². The van der Waals surface area contributed by atoms with E-state index in [4.69, 9.17) is 10.2 Å². The third-order valence-corrected chi connectivity index (χ3v) is 1.39. The van der Waals surface area contributed by atoms with Gasteiger partial charge < -0.3 is 22.5 Å². The molecule has 0 unspecified atom stereocenters. The predicted molar refractivity (Wildman–Crippen MR) is 50.4 cm³/mol. The van der Waals surface area contributed by atoms with E-state index < -0.39 is 11.9 Å². The molecule has 78 valence electrons. The lowest BCUT2D eigenvalue weighted by Gasteiger charge is -1.98. The van der Waals surface area contributed by atoms with Crippen molar-refractivity contribution >= 4 is 11.9 Å². The third-order valence-electron chi connectivity index (χ3n) is 1.39. The van der Waals surface area contributed by atoms with E-state index in [1.54, 1.807) is 0 Å². The highest BCUT2D eigenvalue weighted by molar-refractivity contribution is 6.01. The van der Waals surface area contributed by atoms with E-state index in [9.17, 15) is 9.59 Å². The summed E-state index contributed by atoms with van der Waals surface area (Å²) in [5.41, 5.74) is -0.380. The van der Waals surface area contributed by atoms with E-state index >= 15 is 0 Å². The van der Waals surface area contributed by atoms with Crippen LogP contribution >= 0.6 is 0 Å². The summed E-state index contributed by atoms with van der Waals surface area (Å²) < 4.78 is 0. The Kier molecular flexibility index (Phi) is 5.92. The van der Waals surface area contributed by atoms with Crippen molar-refractivity contribution in [2.24, 2.45) is 0 Å². The van der Waals surface area contributed by atoms with Gasteiger partial charge in [0.25, 0.3) is 0 Å². The molecule has 0 bridgehead atoms. The lowest BCUT2D eigenvalue weighted by molar-refractivity contribution is 0.0651. The van der Waals surface area contributed by atoms with Crippen LogP contribution in [-0.4, -0.2) is 22.2 Å². The number of aromatic carboxylic acids is 2. The van der Waals surface area contributed by atoms with E-state index in [1.807, 2.05) is 0 Å². The van der Waals surface area contributed by atoms with Crippen LogP contribution in [0.5, 0.6) is 0 Å². The van der Waals surface area contributed by atoms with Gasteiger partial charge in [0.15, 0.2) is 0 Å². The minimum Gasteiger partial charge on any atom is -0.478 e. The van der Waals surface area contributed by atoms with E-state index in [-0.39, 0.29) is 23.4 Å². The largest absolute Gasteiger partial charge is 0.478 e. The van der Waals surface area contributed by atoms with Crippen LogP contribution in [0.1, 0.15) is 20.7 Å². The zero-order chi connectivity index (χ0) is 9.14. The molecule has 0 aliphatic rings. The molecule has 8 N–H and O–H groups in total. The van der Waals surface area contributed by atoms with Gasteiger partial charge in [-0.1, -0.05) is 12.1 Å². The summed E-state index contributed by atoms with van der Waals surface area (Å²) in [5, 5.41) is 17.1. The zero-order valence-corrected chi connectivity index (χ0v) is 7.43. The van der Waals surface area contributed by atoms with Crippen LogP contribution in [0, 0.1) is 0 Å². The average molecular weight is 200 g/mol. The number of hydrogen-bond donors (Lipinski definition) is 4. The molecule has 6 heteroatoms. The van der Waals surface area contributed by atoms with Crippen molar-refractivity contribution < 1.29 is 19.8 Å². The molecule has 1 rings (SSSR count). The van der Waals surface area contributed by atoms with Crippen molar-refractivity contribution in [2.45, 2.75) is 0 Å². The van der Waals surface area contributed by atoms with Crippen LogP contribution in [0.2, 0.25) is 0 Å². The summed E-state index contributed by atoms with van der Waals surface area (Å²) in [6, 6.07) is 5.48. The summed E-state index contributed by atoms with van der Waals surface area (Å²) in [6.07, 6.45) is 0. The zero-order valence-electron chi connectivity index (χ0n) is 7.43. The van der Waals surface area contributed by atoms with Crippen molar-refractivity contribution in [3.63, 3.8) is 0 Å². The van der Waals surface area contributed by atoms with Crippen LogP contribution in [0.3, 0.4) is 0 Å². The van der Waals surface area contributed by atoms with Crippen molar-refractivity contribution in [3.05, 3.63) is 35.4 Å². The molecular formula is C8H12N2O4. The van der Waals surface area contributed by atoms with Crippen molar-refractivity contribution in [1.82, 2.24) is 12.3 Å². The maximum Gasteiger partial charge on any atom is 0.336 e. The van der Waals surface area contributed by atoms with Gasteiger partial charge in [-0.15, -0.1) is 0 Å². The molecular weight excluding hydrogens is 188 g/mol. The van der Waals surface area contributed by atoms with Crippen molar-refractivity contribution in [3.8, 4) is 0 Å². The number of carbonyl (C=O) groups is 2. The number of rotatable bonds is 2. The lowest BCUT2D eigenvalue weighted by atomic mass is 10.1. The van der Waals surface area contributed by atoms with Crippen molar-refractivity contribution in [1.29, 1.82) is 0 Å².